The zero-order valence-electron chi connectivity index (χ0n) is 9.14. The summed E-state index contributed by atoms with van der Waals surface area (Å²) in [5, 5.41) is 0. The first-order chi connectivity index (χ1) is 7.26. The minimum Gasteiger partial charge on any atom is -0.493 e. The van der Waals surface area contributed by atoms with E-state index < -0.39 is 0 Å². The average Bonchev–Trinajstić information content (AvgIpc) is 2.29. The molecule has 0 aliphatic carbocycles. The van der Waals surface area contributed by atoms with Crippen LogP contribution in [0.3, 0.4) is 0 Å². The lowest BCUT2D eigenvalue weighted by molar-refractivity contribution is -0.141. The van der Waals surface area contributed by atoms with E-state index in [2.05, 4.69) is 4.74 Å². The molecule has 0 saturated carbocycles. The number of halogens is 1. The Morgan fingerprint density at radius 2 is 2.19 bits per heavy atom. The second-order valence-electron chi connectivity index (χ2n) is 3.03. The molecule has 0 heterocycles. The predicted molar refractivity (Wildman–Crippen MR) is 63.7 cm³/mol. The zero-order chi connectivity index (χ0) is 11.1. The number of nitrogens with two attached hydrogens (primary N) is 1. The molecule has 0 spiro atoms. The standard InChI is InChI=1S/C11H15NO3.ClH/c1-14-11(13)5-6-15-10-4-2-3-9(7-10)8-12;/h2-4,7H,5-6,8,12H2,1H3;1H. The SMILES string of the molecule is COC(=O)CCOc1cccc(CN)c1.Cl. The average molecular weight is 246 g/mol. The topological polar surface area (TPSA) is 61.5 Å². The van der Waals surface area contributed by atoms with E-state index in [1.165, 1.54) is 7.11 Å². The molecule has 1 aromatic carbocycles. The molecule has 0 radical (unpaired) electrons. The third-order valence-electron chi connectivity index (χ3n) is 1.94. The summed E-state index contributed by atoms with van der Waals surface area (Å²) in [6.07, 6.45) is 0.253. The van der Waals surface area contributed by atoms with E-state index in [1.807, 2.05) is 24.3 Å². The maximum absolute atomic E-state index is 10.8. The van der Waals surface area contributed by atoms with Gasteiger partial charge in [0, 0.05) is 6.54 Å². The summed E-state index contributed by atoms with van der Waals surface area (Å²) in [6, 6.07) is 7.48. The van der Waals surface area contributed by atoms with E-state index in [4.69, 9.17) is 10.5 Å². The van der Waals surface area contributed by atoms with Gasteiger partial charge in [-0.3, -0.25) is 4.79 Å². The van der Waals surface area contributed by atoms with Crippen molar-refractivity contribution in [2.24, 2.45) is 5.73 Å². The van der Waals surface area contributed by atoms with Crippen LogP contribution in [0.4, 0.5) is 0 Å². The molecule has 1 aromatic rings. The molecule has 2 N–H and O–H groups in total. The summed E-state index contributed by atoms with van der Waals surface area (Å²) in [6.45, 7) is 0.800. The predicted octanol–water partition coefficient (Wildman–Crippen LogP) is 1.51. The minimum atomic E-state index is -0.273. The second kappa shape index (κ2) is 7.96. The van der Waals surface area contributed by atoms with Crippen molar-refractivity contribution in [1.29, 1.82) is 0 Å². The van der Waals surface area contributed by atoms with E-state index in [1.54, 1.807) is 0 Å². The van der Waals surface area contributed by atoms with E-state index in [0.717, 1.165) is 11.3 Å². The fourth-order valence-corrected chi connectivity index (χ4v) is 1.12. The van der Waals surface area contributed by atoms with Crippen LogP contribution < -0.4 is 10.5 Å². The summed E-state index contributed by atoms with van der Waals surface area (Å²) in [4.78, 5) is 10.8. The molecule has 4 nitrogen and oxygen atoms in total. The van der Waals surface area contributed by atoms with E-state index in [0.29, 0.717) is 13.2 Å². The van der Waals surface area contributed by atoms with Crippen molar-refractivity contribution in [3.8, 4) is 5.75 Å². The molecule has 16 heavy (non-hydrogen) atoms. The largest absolute Gasteiger partial charge is 0.493 e. The van der Waals surface area contributed by atoms with Gasteiger partial charge >= 0.3 is 5.97 Å². The molecule has 0 saturated heterocycles. The Morgan fingerprint density at radius 1 is 1.44 bits per heavy atom. The Hall–Kier alpha value is -1.26. The number of hydrogen-bond acceptors (Lipinski definition) is 4. The number of benzene rings is 1. The second-order valence-corrected chi connectivity index (χ2v) is 3.03. The van der Waals surface area contributed by atoms with E-state index in [-0.39, 0.29) is 24.8 Å². The van der Waals surface area contributed by atoms with Crippen LogP contribution in [0.2, 0.25) is 0 Å². The number of esters is 1. The molecule has 90 valence electrons. The van der Waals surface area contributed by atoms with E-state index in [9.17, 15) is 4.79 Å². The molecule has 0 amide bonds. The maximum Gasteiger partial charge on any atom is 0.308 e. The molecule has 0 fully saturated rings. The molecule has 0 aliphatic rings. The molecular formula is C11H16ClNO3. The van der Waals surface area contributed by atoms with Gasteiger partial charge in [0.25, 0.3) is 0 Å². The summed E-state index contributed by atoms with van der Waals surface area (Å²) < 4.78 is 9.86. The van der Waals surface area contributed by atoms with Gasteiger partial charge in [-0.05, 0) is 17.7 Å². The van der Waals surface area contributed by atoms with Gasteiger partial charge in [0.05, 0.1) is 20.1 Å². The Balaban J connectivity index is 0.00000225. The van der Waals surface area contributed by atoms with E-state index >= 15 is 0 Å². The molecule has 0 aliphatic heterocycles. The quantitative estimate of drug-likeness (QED) is 0.799. The molecule has 5 heteroatoms. The first-order valence-corrected chi connectivity index (χ1v) is 4.75. The highest BCUT2D eigenvalue weighted by Crippen LogP contribution is 2.12. The molecule has 0 bridgehead atoms. The van der Waals surface area contributed by atoms with Gasteiger partial charge in [-0.15, -0.1) is 12.4 Å². The van der Waals surface area contributed by atoms with Crippen molar-refractivity contribution < 1.29 is 14.3 Å². The van der Waals surface area contributed by atoms with Gasteiger partial charge in [0.1, 0.15) is 5.75 Å². The molecule has 1 rings (SSSR count). The molecule has 0 aromatic heterocycles. The third-order valence-corrected chi connectivity index (χ3v) is 1.94. The lowest BCUT2D eigenvalue weighted by atomic mass is 10.2. The Kier molecular flexibility index (Phi) is 7.33. The highest BCUT2D eigenvalue weighted by Gasteiger charge is 2.00. The van der Waals surface area contributed by atoms with Gasteiger partial charge in [0.15, 0.2) is 0 Å². The van der Waals surface area contributed by atoms with Crippen molar-refractivity contribution in [1.82, 2.24) is 0 Å². The molecule has 0 atom stereocenters. The molecule has 0 unspecified atom stereocenters. The number of ether oxygens (including phenoxy) is 2. The lowest BCUT2D eigenvalue weighted by Crippen LogP contribution is -2.07. The monoisotopic (exact) mass is 245 g/mol. The van der Waals surface area contributed by atoms with Crippen molar-refractivity contribution in [3.63, 3.8) is 0 Å². The number of rotatable bonds is 5. The normalized spacial score (nSPS) is 9.12. The minimum absolute atomic E-state index is 0. The fraction of sp³-hybridized carbons (Fsp3) is 0.364. The van der Waals surface area contributed by atoms with Crippen LogP contribution in [0.15, 0.2) is 24.3 Å². The van der Waals surface area contributed by atoms with Crippen LogP contribution in [-0.2, 0) is 16.1 Å². The number of carbonyl (C=O) groups excluding carboxylic acids is 1. The van der Waals surface area contributed by atoms with Crippen molar-refractivity contribution in [2.75, 3.05) is 13.7 Å². The van der Waals surface area contributed by atoms with Gasteiger partial charge in [0.2, 0.25) is 0 Å². The summed E-state index contributed by atoms with van der Waals surface area (Å²) in [5.74, 6) is 0.451. The maximum atomic E-state index is 10.8. The van der Waals surface area contributed by atoms with Crippen LogP contribution >= 0.6 is 12.4 Å². The van der Waals surface area contributed by atoms with Crippen molar-refractivity contribution in [3.05, 3.63) is 29.8 Å². The highest BCUT2D eigenvalue weighted by atomic mass is 35.5. The first-order valence-electron chi connectivity index (χ1n) is 4.75. The molecular weight excluding hydrogens is 230 g/mol. The summed E-state index contributed by atoms with van der Waals surface area (Å²) in [5.41, 5.74) is 6.49. The van der Waals surface area contributed by atoms with Gasteiger partial charge in [-0.25, -0.2) is 0 Å². The fourth-order valence-electron chi connectivity index (χ4n) is 1.12. The highest BCUT2D eigenvalue weighted by molar-refractivity contribution is 5.85. The van der Waals surface area contributed by atoms with Crippen molar-refractivity contribution in [2.45, 2.75) is 13.0 Å². The van der Waals surface area contributed by atoms with Crippen LogP contribution in [0, 0.1) is 0 Å². The smallest absolute Gasteiger partial charge is 0.308 e. The lowest BCUT2D eigenvalue weighted by Gasteiger charge is -2.06. The number of carbonyl (C=O) groups is 1. The van der Waals surface area contributed by atoms with Crippen LogP contribution in [0.1, 0.15) is 12.0 Å². The first kappa shape index (κ1) is 14.7. The van der Waals surface area contributed by atoms with Crippen LogP contribution in [-0.4, -0.2) is 19.7 Å². The van der Waals surface area contributed by atoms with Crippen LogP contribution in [0.25, 0.3) is 0 Å². The van der Waals surface area contributed by atoms with Gasteiger partial charge in [-0.2, -0.15) is 0 Å². The Bertz CT molecular complexity index is 331. The van der Waals surface area contributed by atoms with Crippen molar-refractivity contribution >= 4 is 18.4 Å². The van der Waals surface area contributed by atoms with Crippen LogP contribution in [0.5, 0.6) is 5.75 Å². The Labute approximate surface area is 101 Å². The third kappa shape index (κ3) is 5.00. The number of hydrogen-bond donors (Lipinski definition) is 1. The number of methoxy groups -OCH3 is 1. The zero-order valence-corrected chi connectivity index (χ0v) is 9.96. The summed E-state index contributed by atoms with van der Waals surface area (Å²) >= 11 is 0. The van der Waals surface area contributed by atoms with Gasteiger partial charge < -0.3 is 15.2 Å². The Morgan fingerprint density at radius 3 is 2.81 bits per heavy atom. The summed E-state index contributed by atoms with van der Waals surface area (Å²) in [7, 11) is 1.36. The van der Waals surface area contributed by atoms with Gasteiger partial charge in [-0.1, -0.05) is 12.1 Å².